The zero-order valence-corrected chi connectivity index (χ0v) is 6.60. The summed E-state index contributed by atoms with van der Waals surface area (Å²) in [6.07, 6.45) is 6.36. The maximum atomic E-state index is 10.7. The van der Waals surface area contributed by atoms with Crippen LogP contribution in [0.25, 0.3) is 6.08 Å². The van der Waals surface area contributed by atoms with Crippen molar-refractivity contribution in [3.05, 3.63) is 30.1 Å². The Balaban J connectivity index is 2.23. The summed E-state index contributed by atoms with van der Waals surface area (Å²) in [6.45, 7) is 0. The molecule has 1 aromatic heterocycles. The number of nitrogens with two attached hydrogens (primary N) is 1. The van der Waals surface area contributed by atoms with Gasteiger partial charge in [0.2, 0.25) is 5.91 Å². The van der Waals surface area contributed by atoms with Crippen LogP contribution in [0.1, 0.15) is 18.2 Å². The number of hydrogen-bond acceptors (Lipinski definition) is 1. The summed E-state index contributed by atoms with van der Waals surface area (Å²) in [5, 5.41) is 0. The number of aromatic nitrogens is 1. The molecule has 0 saturated heterocycles. The van der Waals surface area contributed by atoms with Crippen LogP contribution in [0.15, 0.2) is 24.4 Å². The first-order valence-corrected chi connectivity index (χ1v) is 3.91. The van der Waals surface area contributed by atoms with Crippen molar-refractivity contribution in [2.45, 2.75) is 12.5 Å². The van der Waals surface area contributed by atoms with Crippen LogP contribution in [-0.4, -0.2) is 10.5 Å². The Morgan fingerprint density at radius 3 is 3.25 bits per heavy atom. The molecule has 1 aromatic rings. The molecule has 0 fully saturated rings. The molecular weight excluding hydrogens is 152 g/mol. The normalized spacial score (nSPS) is 19.5. The van der Waals surface area contributed by atoms with Crippen LogP contribution in [0, 0.1) is 0 Å². The lowest BCUT2D eigenvalue weighted by atomic mass is 10.2. The molecule has 0 saturated carbocycles. The molecule has 62 valence electrons. The molecule has 1 amide bonds. The molecule has 1 atom stereocenters. The van der Waals surface area contributed by atoms with Crippen LogP contribution in [0.2, 0.25) is 0 Å². The van der Waals surface area contributed by atoms with Gasteiger partial charge in [-0.1, -0.05) is 6.08 Å². The quantitative estimate of drug-likeness (QED) is 0.691. The Hall–Kier alpha value is -1.51. The number of hydrogen-bond donors (Lipinski definition) is 1. The number of nitrogens with zero attached hydrogens (tertiary/aromatic N) is 1. The van der Waals surface area contributed by atoms with E-state index in [2.05, 4.69) is 0 Å². The van der Waals surface area contributed by atoms with Gasteiger partial charge in [-0.2, -0.15) is 0 Å². The van der Waals surface area contributed by atoms with Crippen LogP contribution < -0.4 is 5.73 Å². The number of amides is 1. The molecule has 3 nitrogen and oxygen atoms in total. The van der Waals surface area contributed by atoms with Crippen molar-refractivity contribution in [2.24, 2.45) is 5.73 Å². The van der Waals surface area contributed by atoms with Crippen molar-refractivity contribution in [3.63, 3.8) is 0 Å². The molecule has 2 heterocycles. The number of rotatable bonds is 2. The van der Waals surface area contributed by atoms with Crippen molar-refractivity contribution < 1.29 is 4.79 Å². The monoisotopic (exact) mass is 162 g/mol. The summed E-state index contributed by atoms with van der Waals surface area (Å²) in [5.74, 6) is -0.258. The largest absolute Gasteiger partial charge is 0.370 e. The minimum atomic E-state index is -0.258. The number of primary amides is 1. The highest BCUT2D eigenvalue weighted by Crippen LogP contribution is 2.24. The van der Waals surface area contributed by atoms with Crippen molar-refractivity contribution in [2.75, 3.05) is 0 Å². The fourth-order valence-corrected chi connectivity index (χ4v) is 1.53. The second-order valence-corrected chi connectivity index (χ2v) is 2.94. The molecule has 0 aliphatic carbocycles. The highest BCUT2D eigenvalue weighted by atomic mass is 16.1. The smallest absolute Gasteiger partial charge is 0.219 e. The second kappa shape index (κ2) is 2.52. The van der Waals surface area contributed by atoms with E-state index in [0.29, 0.717) is 6.42 Å². The Kier molecular flexibility index (Phi) is 1.50. The predicted octanol–water partition coefficient (Wildman–Crippen LogP) is 0.931. The van der Waals surface area contributed by atoms with Gasteiger partial charge in [0.25, 0.3) is 0 Å². The fraction of sp³-hybridized carbons (Fsp3) is 0.222. The van der Waals surface area contributed by atoms with Crippen LogP contribution in [0.4, 0.5) is 0 Å². The van der Waals surface area contributed by atoms with E-state index in [4.69, 9.17) is 5.73 Å². The zero-order chi connectivity index (χ0) is 8.55. The topological polar surface area (TPSA) is 48.0 Å². The van der Waals surface area contributed by atoms with Crippen LogP contribution in [0.5, 0.6) is 0 Å². The predicted molar refractivity (Wildman–Crippen MR) is 46.3 cm³/mol. The van der Waals surface area contributed by atoms with E-state index >= 15 is 0 Å². The van der Waals surface area contributed by atoms with Crippen molar-refractivity contribution in [1.29, 1.82) is 0 Å². The van der Waals surface area contributed by atoms with Crippen LogP contribution in [-0.2, 0) is 4.79 Å². The standard InChI is InChI=1S/C9H10N2O/c10-9(12)6-8-4-3-7-2-1-5-11(7)8/h1-5,8H,6H2,(H2,10,12). The molecule has 0 spiro atoms. The van der Waals surface area contributed by atoms with Crippen LogP contribution in [0.3, 0.4) is 0 Å². The van der Waals surface area contributed by atoms with E-state index in [1.54, 1.807) is 0 Å². The Bertz CT molecular complexity index is 338. The summed E-state index contributed by atoms with van der Waals surface area (Å²) >= 11 is 0. The molecule has 1 aliphatic rings. The SMILES string of the molecule is NC(=O)CC1C=Cc2cccn21. The van der Waals surface area contributed by atoms with E-state index in [0.717, 1.165) is 5.69 Å². The van der Waals surface area contributed by atoms with Gasteiger partial charge < -0.3 is 10.3 Å². The fourth-order valence-electron chi connectivity index (χ4n) is 1.53. The van der Waals surface area contributed by atoms with E-state index < -0.39 is 0 Å². The van der Waals surface area contributed by atoms with E-state index in [1.807, 2.05) is 35.0 Å². The average molecular weight is 162 g/mol. The second-order valence-electron chi connectivity index (χ2n) is 2.94. The molecule has 0 aromatic carbocycles. The first-order chi connectivity index (χ1) is 5.77. The minimum Gasteiger partial charge on any atom is -0.370 e. The van der Waals surface area contributed by atoms with Gasteiger partial charge in [-0.15, -0.1) is 0 Å². The number of allylic oxidation sites excluding steroid dienone is 1. The highest BCUT2D eigenvalue weighted by molar-refractivity contribution is 5.75. The van der Waals surface area contributed by atoms with Crippen LogP contribution >= 0.6 is 0 Å². The van der Waals surface area contributed by atoms with Gasteiger partial charge in [0, 0.05) is 11.9 Å². The third-order valence-corrected chi connectivity index (χ3v) is 2.07. The first-order valence-electron chi connectivity index (χ1n) is 3.91. The Labute approximate surface area is 70.5 Å². The Morgan fingerprint density at radius 2 is 2.50 bits per heavy atom. The average Bonchev–Trinajstić information content (AvgIpc) is 2.52. The van der Waals surface area contributed by atoms with Gasteiger partial charge in [-0.05, 0) is 18.2 Å². The lowest BCUT2D eigenvalue weighted by molar-refractivity contribution is -0.118. The number of fused-ring (bicyclic) bond motifs is 1. The minimum absolute atomic E-state index is 0.132. The van der Waals surface area contributed by atoms with Crippen molar-refractivity contribution in [1.82, 2.24) is 4.57 Å². The van der Waals surface area contributed by atoms with Gasteiger partial charge >= 0.3 is 0 Å². The van der Waals surface area contributed by atoms with Gasteiger partial charge in [0.05, 0.1) is 12.5 Å². The van der Waals surface area contributed by atoms with Gasteiger partial charge in [0.1, 0.15) is 0 Å². The van der Waals surface area contributed by atoms with Gasteiger partial charge in [-0.3, -0.25) is 4.79 Å². The summed E-state index contributed by atoms with van der Waals surface area (Å²) in [5.41, 5.74) is 6.25. The van der Waals surface area contributed by atoms with Gasteiger partial charge in [0.15, 0.2) is 0 Å². The molecule has 3 heteroatoms. The summed E-state index contributed by atoms with van der Waals surface area (Å²) < 4.78 is 2.05. The molecule has 1 aliphatic heterocycles. The van der Waals surface area contributed by atoms with Gasteiger partial charge in [-0.25, -0.2) is 0 Å². The Morgan fingerprint density at radius 1 is 1.67 bits per heavy atom. The summed E-state index contributed by atoms with van der Waals surface area (Å²) in [7, 11) is 0. The molecule has 0 bridgehead atoms. The first kappa shape index (κ1) is 7.16. The molecular formula is C9H10N2O. The van der Waals surface area contributed by atoms with E-state index in [9.17, 15) is 4.79 Å². The molecule has 0 radical (unpaired) electrons. The van der Waals surface area contributed by atoms with Crippen molar-refractivity contribution >= 4 is 12.0 Å². The highest BCUT2D eigenvalue weighted by Gasteiger charge is 2.16. The van der Waals surface area contributed by atoms with Crippen molar-refractivity contribution in [3.8, 4) is 0 Å². The zero-order valence-electron chi connectivity index (χ0n) is 6.60. The van der Waals surface area contributed by atoms with E-state index in [1.165, 1.54) is 0 Å². The third-order valence-electron chi connectivity index (χ3n) is 2.07. The molecule has 12 heavy (non-hydrogen) atoms. The maximum Gasteiger partial charge on any atom is 0.219 e. The molecule has 2 N–H and O–H groups in total. The molecule has 1 unspecified atom stereocenters. The van der Waals surface area contributed by atoms with E-state index in [-0.39, 0.29) is 11.9 Å². The number of carbonyl (C=O) groups is 1. The lowest BCUT2D eigenvalue weighted by Crippen LogP contribution is -2.16. The lowest BCUT2D eigenvalue weighted by Gasteiger charge is -2.09. The third kappa shape index (κ3) is 1.03. The maximum absolute atomic E-state index is 10.7. The number of carbonyl (C=O) groups excluding carboxylic acids is 1. The summed E-state index contributed by atoms with van der Waals surface area (Å²) in [4.78, 5) is 10.7. The molecule has 2 rings (SSSR count). The summed E-state index contributed by atoms with van der Waals surface area (Å²) in [6, 6.07) is 4.11.